The first-order valence-electron chi connectivity index (χ1n) is 7.22. The zero-order valence-electron chi connectivity index (χ0n) is 13.7. The molecule has 0 saturated heterocycles. The maximum absolute atomic E-state index is 12.6. The van der Waals surface area contributed by atoms with Crippen LogP contribution in [-0.2, 0) is 26.6 Å². The van der Waals surface area contributed by atoms with E-state index in [-0.39, 0.29) is 11.4 Å². The van der Waals surface area contributed by atoms with E-state index in [1.165, 1.54) is 6.07 Å². The van der Waals surface area contributed by atoms with E-state index in [2.05, 4.69) is 9.44 Å². The van der Waals surface area contributed by atoms with Gasteiger partial charge in [-0.2, -0.15) is 0 Å². The molecule has 2 rings (SSSR count). The second kappa shape index (κ2) is 6.92. The predicted molar refractivity (Wildman–Crippen MR) is 94.9 cm³/mol. The zero-order chi connectivity index (χ0) is 18.0. The maximum atomic E-state index is 12.6. The van der Waals surface area contributed by atoms with Crippen LogP contribution in [0.25, 0.3) is 0 Å². The Morgan fingerprint density at radius 3 is 2.12 bits per heavy atom. The van der Waals surface area contributed by atoms with Crippen LogP contribution in [0.15, 0.2) is 47.4 Å². The fourth-order valence-corrected chi connectivity index (χ4v) is 4.26. The van der Waals surface area contributed by atoms with Crippen molar-refractivity contribution in [3.8, 4) is 0 Å². The van der Waals surface area contributed by atoms with Crippen LogP contribution in [0.5, 0.6) is 0 Å². The number of rotatable bonds is 6. The molecule has 0 aliphatic rings. The standard InChI is InChI=1S/C16H20N2O4S2/c1-12-9-10-15(13(2)16(12)18-23(3,19)20)24(21,22)17-11-14-7-5-4-6-8-14/h4-10,17-18H,11H2,1-3H3. The van der Waals surface area contributed by atoms with Gasteiger partial charge in [0.05, 0.1) is 16.8 Å². The molecule has 2 aromatic carbocycles. The molecule has 24 heavy (non-hydrogen) atoms. The van der Waals surface area contributed by atoms with Crippen molar-refractivity contribution in [1.82, 2.24) is 4.72 Å². The van der Waals surface area contributed by atoms with Crippen molar-refractivity contribution in [2.45, 2.75) is 25.3 Å². The topological polar surface area (TPSA) is 92.3 Å². The number of anilines is 1. The van der Waals surface area contributed by atoms with E-state index < -0.39 is 20.0 Å². The monoisotopic (exact) mass is 368 g/mol. The number of nitrogens with one attached hydrogen (secondary N) is 2. The third-order valence-electron chi connectivity index (χ3n) is 3.51. The van der Waals surface area contributed by atoms with Gasteiger partial charge in [0.15, 0.2) is 0 Å². The van der Waals surface area contributed by atoms with Gasteiger partial charge in [0.2, 0.25) is 20.0 Å². The molecule has 0 aliphatic heterocycles. The van der Waals surface area contributed by atoms with E-state index in [0.717, 1.165) is 11.8 Å². The summed E-state index contributed by atoms with van der Waals surface area (Å²) in [6.07, 6.45) is 1.03. The van der Waals surface area contributed by atoms with Crippen LogP contribution in [0.4, 0.5) is 5.69 Å². The molecular weight excluding hydrogens is 348 g/mol. The fourth-order valence-electron chi connectivity index (χ4n) is 2.31. The Balaban J connectivity index is 2.35. The van der Waals surface area contributed by atoms with Crippen LogP contribution in [0.3, 0.4) is 0 Å². The molecule has 0 aliphatic carbocycles. The predicted octanol–water partition coefficient (Wildman–Crippen LogP) is 2.15. The Bertz CT molecular complexity index is 938. The summed E-state index contributed by atoms with van der Waals surface area (Å²) in [6, 6.07) is 12.2. The Morgan fingerprint density at radius 1 is 0.917 bits per heavy atom. The lowest BCUT2D eigenvalue weighted by molar-refractivity contribution is 0.580. The van der Waals surface area contributed by atoms with Gasteiger partial charge in [-0.3, -0.25) is 4.72 Å². The molecule has 0 heterocycles. The molecule has 0 radical (unpaired) electrons. The smallest absolute Gasteiger partial charge is 0.241 e. The van der Waals surface area contributed by atoms with E-state index in [9.17, 15) is 16.8 Å². The van der Waals surface area contributed by atoms with E-state index in [1.807, 2.05) is 30.3 Å². The van der Waals surface area contributed by atoms with Crippen LogP contribution in [-0.4, -0.2) is 23.1 Å². The second-order valence-corrected chi connectivity index (χ2v) is 9.05. The highest BCUT2D eigenvalue weighted by Gasteiger charge is 2.20. The van der Waals surface area contributed by atoms with E-state index >= 15 is 0 Å². The summed E-state index contributed by atoms with van der Waals surface area (Å²) in [5.74, 6) is 0. The highest BCUT2D eigenvalue weighted by Crippen LogP contribution is 2.27. The number of aryl methyl sites for hydroxylation is 1. The summed E-state index contributed by atoms with van der Waals surface area (Å²) in [6.45, 7) is 3.46. The highest BCUT2D eigenvalue weighted by atomic mass is 32.2. The van der Waals surface area contributed by atoms with Crippen LogP contribution >= 0.6 is 0 Å². The first-order chi connectivity index (χ1) is 11.1. The van der Waals surface area contributed by atoms with E-state index in [1.54, 1.807) is 19.9 Å². The van der Waals surface area contributed by atoms with Crippen LogP contribution in [0.1, 0.15) is 16.7 Å². The van der Waals surface area contributed by atoms with Crippen molar-refractivity contribution < 1.29 is 16.8 Å². The summed E-state index contributed by atoms with van der Waals surface area (Å²) in [4.78, 5) is 0.0511. The van der Waals surface area contributed by atoms with Gasteiger partial charge in [-0.15, -0.1) is 0 Å². The molecule has 0 unspecified atom stereocenters. The number of hydrogen-bond acceptors (Lipinski definition) is 4. The molecule has 0 atom stereocenters. The third kappa shape index (κ3) is 4.56. The first kappa shape index (κ1) is 18.4. The van der Waals surface area contributed by atoms with E-state index in [0.29, 0.717) is 16.8 Å². The lowest BCUT2D eigenvalue weighted by Crippen LogP contribution is -2.24. The van der Waals surface area contributed by atoms with Gasteiger partial charge < -0.3 is 0 Å². The number of sulfonamides is 2. The van der Waals surface area contributed by atoms with Crippen molar-refractivity contribution >= 4 is 25.7 Å². The molecule has 0 aromatic heterocycles. The van der Waals surface area contributed by atoms with E-state index in [4.69, 9.17) is 0 Å². The molecule has 0 fully saturated rings. The van der Waals surface area contributed by atoms with Crippen molar-refractivity contribution in [3.05, 3.63) is 59.2 Å². The van der Waals surface area contributed by atoms with Crippen molar-refractivity contribution in [2.24, 2.45) is 0 Å². The van der Waals surface area contributed by atoms with Crippen molar-refractivity contribution in [1.29, 1.82) is 0 Å². The molecule has 0 saturated carbocycles. The summed E-state index contributed by atoms with van der Waals surface area (Å²) in [5, 5.41) is 0. The summed E-state index contributed by atoms with van der Waals surface area (Å²) in [5.41, 5.74) is 2.14. The number of benzene rings is 2. The molecular formula is C16H20N2O4S2. The Morgan fingerprint density at radius 2 is 1.54 bits per heavy atom. The highest BCUT2D eigenvalue weighted by molar-refractivity contribution is 7.92. The lowest BCUT2D eigenvalue weighted by Gasteiger charge is -2.16. The molecule has 2 N–H and O–H groups in total. The molecule has 0 amide bonds. The Labute approximate surface area is 143 Å². The Hall–Kier alpha value is -1.90. The molecule has 0 spiro atoms. The average molecular weight is 368 g/mol. The fraction of sp³-hybridized carbons (Fsp3) is 0.250. The minimum Gasteiger partial charge on any atom is -0.283 e. The van der Waals surface area contributed by atoms with Gasteiger partial charge in [0.1, 0.15) is 0 Å². The molecule has 6 nitrogen and oxygen atoms in total. The molecule has 8 heteroatoms. The van der Waals surface area contributed by atoms with Gasteiger partial charge in [0, 0.05) is 6.54 Å². The van der Waals surface area contributed by atoms with Crippen molar-refractivity contribution in [3.63, 3.8) is 0 Å². The molecule has 0 bridgehead atoms. The van der Waals surface area contributed by atoms with Gasteiger partial charge in [-0.1, -0.05) is 36.4 Å². The van der Waals surface area contributed by atoms with Crippen LogP contribution in [0.2, 0.25) is 0 Å². The molecule has 130 valence electrons. The van der Waals surface area contributed by atoms with Gasteiger partial charge in [-0.25, -0.2) is 21.6 Å². The van der Waals surface area contributed by atoms with Crippen molar-refractivity contribution in [2.75, 3.05) is 11.0 Å². The molecule has 2 aromatic rings. The summed E-state index contributed by atoms with van der Waals surface area (Å²) < 4.78 is 53.1. The average Bonchev–Trinajstić information content (AvgIpc) is 2.49. The lowest BCUT2D eigenvalue weighted by atomic mass is 10.1. The quantitative estimate of drug-likeness (QED) is 0.817. The minimum absolute atomic E-state index is 0.0511. The van der Waals surface area contributed by atoms with Gasteiger partial charge >= 0.3 is 0 Å². The summed E-state index contributed by atoms with van der Waals surface area (Å²) >= 11 is 0. The normalized spacial score (nSPS) is 12.1. The van der Waals surface area contributed by atoms with Gasteiger partial charge in [-0.05, 0) is 36.6 Å². The Kier molecular flexibility index (Phi) is 5.32. The maximum Gasteiger partial charge on any atom is 0.241 e. The minimum atomic E-state index is -3.77. The van der Waals surface area contributed by atoms with Crippen LogP contribution in [0, 0.1) is 13.8 Å². The number of hydrogen-bond donors (Lipinski definition) is 2. The SMILES string of the molecule is Cc1ccc(S(=O)(=O)NCc2ccccc2)c(C)c1NS(C)(=O)=O. The first-order valence-corrected chi connectivity index (χ1v) is 10.6. The second-order valence-electron chi connectivity index (χ2n) is 5.56. The zero-order valence-corrected chi connectivity index (χ0v) is 15.3. The van der Waals surface area contributed by atoms with Gasteiger partial charge in [0.25, 0.3) is 0 Å². The third-order valence-corrected chi connectivity index (χ3v) is 5.63. The summed E-state index contributed by atoms with van der Waals surface area (Å²) in [7, 11) is -7.27. The van der Waals surface area contributed by atoms with Crippen LogP contribution < -0.4 is 9.44 Å². The largest absolute Gasteiger partial charge is 0.283 e.